The highest BCUT2D eigenvalue weighted by Gasteiger charge is 2.02. The van der Waals surface area contributed by atoms with E-state index in [1.54, 1.807) is 31.4 Å². The summed E-state index contributed by atoms with van der Waals surface area (Å²) in [5.41, 5.74) is 0.283. The molecule has 0 saturated heterocycles. The van der Waals surface area contributed by atoms with Gasteiger partial charge in [-0.3, -0.25) is 4.79 Å². The van der Waals surface area contributed by atoms with Crippen LogP contribution in [0.2, 0.25) is 0 Å². The van der Waals surface area contributed by atoms with Crippen LogP contribution in [-0.4, -0.2) is 43.9 Å². The van der Waals surface area contributed by atoms with Crippen LogP contribution in [-0.2, 0) is 9.53 Å². The molecule has 0 radical (unpaired) electrons. The molecule has 31 heavy (non-hydrogen) atoms. The number of methoxy groups -OCH3 is 1. The third kappa shape index (κ3) is 15.4. The minimum atomic E-state index is -0.915. The fraction of sp³-hybridized carbons (Fsp3) is 0.680. The molecule has 0 heterocycles. The predicted octanol–water partition coefficient (Wildman–Crippen LogP) is 5.60. The SMILES string of the molecule is COCCNC(=O)CCCCCCCCCCCCCCOc1ccc(C(=O)O)cc1. The minimum absolute atomic E-state index is 0.137. The van der Waals surface area contributed by atoms with Crippen LogP contribution in [0, 0.1) is 0 Å². The van der Waals surface area contributed by atoms with E-state index in [9.17, 15) is 9.59 Å². The quantitative estimate of drug-likeness (QED) is 0.261. The lowest BCUT2D eigenvalue weighted by Crippen LogP contribution is -2.26. The number of carboxylic acids is 1. The zero-order chi connectivity index (χ0) is 22.6. The molecular formula is C25H41NO5. The summed E-state index contributed by atoms with van der Waals surface area (Å²) < 4.78 is 10.6. The maximum absolute atomic E-state index is 11.5. The van der Waals surface area contributed by atoms with Gasteiger partial charge in [-0.1, -0.05) is 64.2 Å². The Morgan fingerprint density at radius 1 is 0.774 bits per heavy atom. The second kappa shape index (κ2) is 18.7. The topological polar surface area (TPSA) is 84.9 Å². The molecule has 0 saturated carbocycles. The van der Waals surface area contributed by atoms with E-state index in [0.717, 1.165) is 25.0 Å². The molecule has 6 heteroatoms. The number of benzene rings is 1. The number of nitrogens with one attached hydrogen (secondary N) is 1. The molecule has 0 aliphatic rings. The van der Waals surface area contributed by atoms with E-state index in [0.29, 0.717) is 26.2 Å². The van der Waals surface area contributed by atoms with Gasteiger partial charge in [0.1, 0.15) is 5.75 Å². The van der Waals surface area contributed by atoms with Crippen molar-refractivity contribution in [1.29, 1.82) is 0 Å². The molecule has 6 nitrogen and oxygen atoms in total. The maximum atomic E-state index is 11.5. The van der Waals surface area contributed by atoms with Crippen molar-refractivity contribution in [2.45, 2.75) is 83.5 Å². The Labute approximate surface area is 187 Å². The molecule has 0 fully saturated rings. The summed E-state index contributed by atoms with van der Waals surface area (Å²) in [6.07, 6.45) is 15.2. The van der Waals surface area contributed by atoms with Gasteiger partial charge in [0.2, 0.25) is 5.91 Å². The van der Waals surface area contributed by atoms with Crippen LogP contribution in [0.1, 0.15) is 93.8 Å². The molecule has 1 rings (SSSR count). The molecule has 0 aliphatic heterocycles. The molecule has 2 N–H and O–H groups in total. The monoisotopic (exact) mass is 435 g/mol. The lowest BCUT2D eigenvalue weighted by atomic mass is 10.0. The van der Waals surface area contributed by atoms with Gasteiger partial charge in [0, 0.05) is 20.1 Å². The van der Waals surface area contributed by atoms with E-state index in [4.69, 9.17) is 14.6 Å². The van der Waals surface area contributed by atoms with Gasteiger partial charge in [0.25, 0.3) is 0 Å². The zero-order valence-electron chi connectivity index (χ0n) is 19.2. The summed E-state index contributed by atoms with van der Waals surface area (Å²) in [6.45, 7) is 1.86. The predicted molar refractivity (Wildman–Crippen MR) is 124 cm³/mol. The molecule has 0 atom stereocenters. The largest absolute Gasteiger partial charge is 0.494 e. The summed E-state index contributed by atoms with van der Waals surface area (Å²) >= 11 is 0. The third-order valence-corrected chi connectivity index (χ3v) is 5.30. The third-order valence-electron chi connectivity index (χ3n) is 5.30. The van der Waals surface area contributed by atoms with Crippen LogP contribution in [0.3, 0.4) is 0 Å². The van der Waals surface area contributed by atoms with Crippen molar-refractivity contribution in [2.75, 3.05) is 26.9 Å². The maximum Gasteiger partial charge on any atom is 0.335 e. The van der Waals surface area contributed by atoms with Crippen molar-refractivity contribution < 1.29 is 24.2 Å². The number of carboxylic acid groups (broad SMARTS) is 1. The van der Waals surface area contributed by atoms with Crippen LogP contribution < -0.4 is 10.1 Å². The van der Waals surface area contributed by atoms with Crippen molar-refractivity contribution in [3.05, 3.63) is 29.8 Å². The van der Waals surface area contributed by atoms with Crippen LogP contribution in [0.5, 0.6) is 5.75 Å². The highest BCUT2D eigenvalue weighted by molar-refractivity contribution is 5.87. The van der Waals surface area contributed by atoms with Crippen molar-refractivity contribution in [2.24, 2.45) is 0 Å². The number of unbranched alkanes of at least 4 members (excludes halogenated alkanes) is 11. The van der Waals surface area contributed by atoms with Gasteiger partial charge in [-0.15, -0.1) is 0 Å². The number of hydrogen-bond acceptors (Lipinski definition) is 4. The lowest BCUT2D eigenvalue weighted by molar-refractivity contribution is -0.121. The number of hydrogen-bond donors (Lipinski definition) is 2. The Bertz CT molecular complexity index is 588. The van der Waals surface area contributed by atoms with Crippen LogP contribution >= 0.6 is 0 Å². The first kappa shape index (κ1) is 27.0. The summed E-state index contributed by atoms with van der Waals surface area (Å²) in [5.74, 6) is -0.0459. The van der Waals surface area contributed by atoms with Gasteiger partial charge in [0.15, 0.2) is 0 Å². The average Bonchev–Trinajstić information content (AvgIpc) is 2.77. The normalized spacial score (nSPS) is 10.7. The van der Waals surface area contributed by atoms with Crippen molar-refractivity contribution in [3.8, 4) is 5.75 Å². The molecule has 0 aromatic heterocycles. The van der Waals surface area contributed by atoms with E-state index in [2.05, 4.69) is 5.32 Å². The second-order valence-corrected chi connectivity index (χ2v) is 8.01. The fourth-order valence-electron chi connectivity index (χ4n) is 3.42. The standard InChI is InChI=1S/C25H41NO5/c1-30-21-19-26-24(27)14-12-10-8-6-4-2-3-5-7-9-11-13-20-31-23-17-15-22(16-18-23)25(28)29/h15-18H,2-14,19-21H2,1H3,(H,26,27)(H,28,29). The Morgan fingerprint density at radius 2 is 1.29 bits per heavy atom. The lowest BCUT2D eigenvalue weighted by Gasteiger charge is -2.06. The number of ether oxygens (including phenoxy) is 2. The van der Waals surface area contributed by atoms with Gasteiger partial charge < -0.3 is 19.9 Å². The molecule has 176 valence electrons. The summed E-state index contributed by atoms with van der Waals surface area (Å²) in [4.78, 5) is 22.3. The van der Waals surface area contributed by atoms with Gasteiger partial charge >= 0.3 is 5.97 Å². The first-order chi connectivity index (χ1) is 15.1. The fourth-order valence-corrected chi connectivity index (χ4v) is 3.42. The van der Waals surface area contributed by atoms with Crippen LogP contribution in [0.15, 0.2) is 24.3 Å². The minimum Gasteiger partial charge on any atom is -0.494 e. The number of aromatic carboxylic acids is 1. The number of carbonyl (C=O) groups is 2. The number of amides is 1. The van der Waals surface area contributed by atoms with Crippen molar-refractivity contribution >= 4 is 11.9 Å². The van der Waals surface area contributed by atoms with Crippen LogP contribution in [0.4, 0.5) is 0 Å². The molecule has 0 spiro atoms. The molecular weight excluding hydrogens is 394 g/mol. The summed E-state index contributed by atoms with van der Waals surface area (Å²) in [5, 5.41) is 11.7. The van der Waals surface area contributed by atoms with Gasteiger partial charge in [-0.05, 0) is 37.1 Å². The first-order valence-electron chi connectivity index (χ1n) is 11.9. The van der Waals surface area contributed by atoms with Crippen LogP contribution in [0.25, 0.3) is 0 Å². The van der Waals surface area contributed by atoms with E-state index >= 15 is 0 Å². The van der Waals surface area contributed by atoms with E-state index in [1.165, 1.54) is 57.8 Å². The molecule has 0 bridgehead atoms. The Kier molecular flexibility index (Phi) is 16.2. The van der Waals surface area contributed by atoms with Crippen molar-refractivity contribution in [1.82, 2.24) is 5.32 Å². The van der Waals surface area contributed by atoms with E-state index in [-0.39, 0.29) is 11.5 Å². The van der Waals surface area contributed by atoms with Gasteiger partial charge in [-0.25, -0.2) is 4.79 Å². The number of carbonyl (C=O) groups excluding carboxylic acids is 1. The first-order valence-corrected chi connectivity index (χ1v) is 11.9. The number of rotatable bonds is 20. The summed E-state index contributed by atoms with van der Waals surface area (Å²) in [6, 6.07) is 6.57. The summed E-state index contributed by atoms with van der Waals surface area (Å²) in [7, 11) is 1.64. The van der Waals surface area contributed by atoms with Crippen molar-refractivity contribution in [3.63, 3.8) is 0 Å². The molecule has 0 unspecified atom stereocenters. The highest BCUT2D eigenvalue weighted by Crippen LogP contribution is 2.14. The smallest absolute Gasteiger partial charge is 0.335 e. The van der Waals surface area contributed by atoms with E-state index in [1.807, 2.05) is 0 Å². The molecule has 1 aromatic carbocycles. The molecule has 1 amide bonds. The Hall–Kier alpha value is -2.08. The average molecular weight is 436 g/mol. The van der Waals surface area contributed by atoms with E-state index < -0.39 is 5.97 Å². The van der Waals surface area contributed by atoms with Gasteiger partial charge in [0.05, 0.1) is 18.8 Å². The van der Waals surface area contributed by atoms with Gasteiger partial charge in [-0.2, -0.15) is 0 Å². The highest BCUT2D eigenvalue weighted by atomic mass is 16.5. The molecule has 0 aliphatic carbocycles. The zero-order valence-corrected chi connectivity index (χ0v) is 19.2. The second-order valence-electron chi connectivity index (χ2n) is 8.01. The Morgan fingerprint density at radius 3 is 1.81 bits per heavy atom. The Balaban J connectivity index is 1.79. The molecule has 1 aromatic rings.